The third-order valence-corrected chi connectivity index (χ3v) is 5.21. The average Bonchev–Trinajstić information content (AvgIpc) is 2.96. The number of carbonyl (C=O) groups excluding carboxylic acids is 2. The first-order valence-electron chi connectivity index (χ1n) is 8.97. The van der Waals surface area contributed by atoms with E-state index in [0.29, 0.717) is 5.52 Å². The van der Waals surface area contributed by atoms with E-state index in [0.717, 1.165) is 6.07 Å². The number of fused-ring (bicyclic) bond motifs is 1. The van der Waals surface area contributed by atoms with Gasteiger partial charge >= 0.3 is 6.03 Å². The summed E-state index contributed by atoms with van der Waals surface area (Å²) in [7, 11) is 1.56. The number of aryl methyl sites for hydroxylation is 1. The van der Waals surface area contributed by atoms with Crippen LogP contribution in [0, 0.1) is 17.0 Å². The number of alkyl halides is 2. The van der Waals surface area contributed by atoms with E-state index in [1.165, 1.54) is 21.7 Å². The van der Waals surface area contributed by atoms with Crippen molar-refractivity contribution >= 4 is 40.9 Å². The lowest BCUT2D eigenvalue weighted by Crippen LogP contribution is -2.49. The highest BCUT2D eigenvalue weighted by Gasteiger charge is 2.43. The van der Waals surface area contributed by atoms with Crippen molar-refractivity contribution in [2.24, 2.45) is 7.05 Å². The lowest BCUT2D eigenvalue weighted by Gasteiger charge is -2.26. The van der Waals surface area contributed by atoms with E-state index in [2.05, 4.69) is 10.4 Å². The minimum atomic E-state index is -3.33. The molecule has 11 heteroatoms. The van der Waals surface area contributed by atoms with Gasteiger partial charge in [0.05, 0.1) is 5.52 Å². The van der Waals surface area contributed by atoms with Crippen molar-refractivity contribution in [1.29, 1.82) is 5.26 Å². The summed E-state index contributed by atoms with van der Waals surface area (Å²) < 4.78 is 45.4. The van der Waals surface area contributed by atoms with E-state index in [1.54, 1.807) is 7.05 Å². The van der Waals surface area contributed by atoms with Crippen LogP contribution >= 0.6 is 0 Å². The van der Waals surface area contributed by atoms with Crippen LogP contribution in [0.2, 0.25) is 12.6 Å². The third-order valence-electron chi connectivity index (χ3n) is 5.21. The summed E-state index contributed by atoms with van der Waals surface area (Å²) in [4.78, 5) is 24.7. The zero-order chi connectivity index (χ0) is 20.9. The van der Waals surface area contributed by atoms with Gasteiger partial charge in [-0.2, -0.15) is 5.10 Å². The van der Waals surface area contributed by atoms with Gasteiger partial charge in [0.25, 0.3) is 12.6 Å². The molecule has 1 aromatic carbocycles. The molecule has 0 atom stereocenters. The Morgan fingerprint density at radius 1 is 1.34 bits per heavy atom. The van der Waals surface area contributed by atoms with Gasteiger partial charge in [-0.1, -0.05) is 6.08 Å². The van der Waals surface area contributed by atoms with Crippen molar-refractivity contribution < 1.29 is 22.8 Å². The number of imide groups is 1. The largest absolute Gasteiger partial charge is 0.329 e. The molecule has 0 saturated carbocycles. The number of carbonyl (C=O) groups is 2. The van der Waals surface area contributed by atoms with E-state index >= 15 is 0 Å². The van der Waals surface area contributed by atoms with Crippen molar-refractivity contribution in [3.63, 3.8) is 0 Å². The molecule has 3 amide bonds. The molecule has 0 bridgehead atoms. The second kappa shape index (κ2) is 6.65. The van der Waals surface area contributed by atoms with Crippen LogP contribution in [0.25, 0.3) is 16.5 Å². The first-order valence-corrected chi connectivity index (χ1v) is 8.97. The van der Waals surface area contributed by atoms with Crippen molar-refractivity contribution in [1.82, 2.24) is 15.1 Å². The zero-order valence-corrected chi connectivity index (χ0v) is 15.4. The summed E-state index contributed by atoms with van der Waals surface area (Å²) in [5, 5.41) is 15.6. The van der Waals surface area contributed by atoms with Crippen LogP contribution < -0.4 is 10.2 Å². The Hall–Kier alpha value is -3.29. The molecule has 1 fully saturated rings. The molecule has 1 N–H and O–H groups in total. The average molecular weight is 401 g/mol. The van der Waals surface area contributed by atoms with Gasteiger partial charge in [0.15, 0.2) is 5.82 Å². The summed E-state index contributed by atoms with van der Waals surface area (Å²) in [5.74, 6) is -2.64. The molecule has 2 aromatic rings. The number of hydrogen-bond donors (Lipinski definition) is 1. The van der Waals surface area contributed by atoms with Crippen LogP contribution in [0.3, 0.4) is 0 Å². The number of allylic oxidation sites excluding steroid dienone is 2. The molecule has 0 unspecified atom stereocenters. The molecule has 1 aromatic heterocycles. The minimum Gasteiger partial charge on any atom is -0.278 e. The van der Waals surface area contributed by atoms with E-state index < -0.39 is 42.3 Å². The van der Waals surface area contributed by atoms with Gasteiger partial charge in [-0.15, -0.1) is 0 Å². The quantitative estimate of drug-likeness (QED) is 0.784. The monoisotopic (exact) mass is 401 g/mol. The molecular formula is C18H15BF3N5O2. The first-order chi connectivity index (χ1) is 13.7. The van der Waals surface area contributed by atoms with Crippen LogP contribution in [0.5, 0.6) is 0 Å². The molecule has 2 aliphatic rings. The molecular weight excluding hydrogens is 386 g/mol. The van der Waals surface area contributed by atoms with Gasteiger partial charge in [0.2, 0.25) is 5.91 Å². The minimum absolute atomic E-state index is 0.0730. The fraction of sp³-hybridized carbons (Fsp3) is 0.333. The van der Waals surface area contributed by atoms with Gasteiger partial charge < -0.3 is 0 Å². The summed E-state index contributed by atoms with van der Waals surface area (Å²) in [5.41, 5.74) is -0.348. The molecule has 7 nitrogen and oxygen atoms in total. The molecule has 148 valence electrons. The van der Waals surface area contributed by atoms with Crippen LogP contribution in [0.1, 0.15) is 12.0 Å². The van der Waals surface area contributed by atoms with Gasteiger partial charge in [0, 0.05) is 48.8 Å². The van der Waals surface area contributed by atoms with Crippen LogP contribution in [0.4, 0.5) is 23.8 Å². The maximum Gasteiger partial charge on any atom is 0.329 e. The molecule has 0 aliphatic carbocycles. The predicted octanol–water partition coefficient (Wildman–Crippen LogP) is 2.75. The van der Waals surface area contributed by atoms with Gasteiger partial charge in [-0.05, 0) is 18.5 Å². The van der Waals surface area contributed by atoms with Crippen molar-refractivity contribution in [3.8, 4) is 5.97 Å². The number of hydrogen-bond acceptors (Lipinski definition) is 4. The first kappa shape index (κ1) is 19.0. The lowest BCUT2D eigenvalue weighted by molar-refractivity contribution is -0.120. The van der Waals surface area contributed by atoms with Gasteiger partial charge in [0.1, 0.15) is 5.82 Å². The highest BCUT2D eigenvalue weighted by Crippen LogP contribution is 2.43. The zero-order valence-electron chi connectivity index (χ0n) is 15.4. The highest BCUT2D eigenvalue weighted by atomic mass is 19.3. The Labute approximate surface area is 163 Å². The number of nitrogens with one attached hydrogen (secondary N) is 1. The van der Waals surface area contributed by atoms with E-state index in [-0.39, 0.29) is 36.1 Å². The summed E-state index contributed by atoms with van der Waals surface area (Å²) in [6.45, 7) is -0.733. The number of aromatic nitrogens is 2. The maximum absolute atomic E-state index is 14.9. The van der Waals surface area contributed by atoms with Gasteiger partial charge in [-0.25, -0.2) is 23.2 Å². The number of anilines is 1. The number of amides is 3. The maximum atomic E-state index is 14.9. The molecule has 4 rings (SSSR count). The number of urea groups is 1. The number of halogens is 3. The number of nitriles is 1. The summed E-state index contributed by atoms with van der Waals surface area (Å²) in [6.07, 6.45) is 0.745. The fourth-order valence-corrected chi connectivity index (χ4v) is 3.75. The van der Waals surface area contributed by atoms with E-state index in [4.69, 9.17) is 5.26 Å². The second-order valence-corrected chi connectivity index (χ2v) is 7.14. The Balaban J connectivity index is 1.81. The second-order valence-electron chi connectivity index (χ2n) is 7.14. The van der Waals surface area contributed by atoms with Crippen LogP contribution in [0.15, 0.2) is 18.2 Å². The molecule has 1 saturated heterocycles. The van der Waals surface area contributed by atoms with Gasteiger partial charge in [-0.3, -0.25) is 19.7 Å². The number of nitrogens with zero attached hydrogens (tertiary/aromatic N) is 4. The molecule has 0 spiro atoms. The standard InChI is InChI=1S/C18H15BF3N5O2/c1-26-14-7-10(12-2-4-19(9-23)8-18(12,21)22)13(20)6-11(14)16(25-26)27-5-3-15(28)24-17(27)29/h2,6-7H,3-5,8H2,1H3,(H,24,28,29). The fourth-order valence-electron chi connectivity index (χ4n) is 3.75. The van der Waals surface area contributed by atoms with Crippen molar-refractivity contribution in [2.45, 2.75) is 25.0 Å². The van der Waals surface area contributed by atoms with Crippen LogP contribution in [-0.4, -0.2) is 40.9 Å². The van der Waals surface area contributed by atoms with Crippen LogP contribution in [-0.2, 0) is 11.8 Å². The Morgan fingerprint density at radius 2 is 2.10 bits per heavy atom. The molecule has 3 heterocycles. The molecule has 29 heavy (non-hydrogen) atoms. The van der Waals surface area contributed by atoms with E-state index in [9.17, 15) is 22.8 Å². The highest BCUT2D eigenvalue weighted by molar-refractivity contribution is 6.68. The summed E-state index contributed by atoms with van der Waals surface area (Å²) >= 11 is 0. The predicted molar refractivity (Wildman–Crippen MR) is 100 cm³/mol. The number of benzene rings is 1. The number of rotatable bonds is 2. The third kappa shape index (κ3) is 3.14. The Morgan fingerprint density at radius 3 is 2.76 bits per heavy atom. The summed E-state index contributed by atoms with van der Waals surface area (Å²) in [6, 6.07) is 1.68. The lowest BCUT2D eigenvalue weighted by atomic mass is 9.42. The SMILES string of the molecule is Cn1nc(N2CCC(=O)NC2=O)c2cc(F)c(C3=CCB(C#N)CC3(F)F)cc21. The van der Waals surface area contributed by atoms with Crippen molar-refractivity contribution in [3.05, 3.63) is 29.6 Å². The molecule has 2 aliphatic heterocycles. The Kier molecular flexibility index (Phi) is 4.37. The van der Waals surface area contributed by atoms with Crippen molar-refractivity contribution in [2.75, 3.05) is 11.4 Å². The van der Waals surface area contributed by atoms with E-state index in [1.807, 2.05) is 5.97 Å². The molecule has 0 radical (unpaired) electrons. The topological polar surface area (TPSA) is 91.0 Å². The smallest absolute Gasteiger partial charge is 0.278 e. The Bertz CT molecular complexity index is 1120. The normalized spacial score (nSPS) is 19.2.